The predicted molar refractivity (Wildman–Crippen MR) is 68.3 cm³/mol. The van der Waals surface area contributed by atoms with Crippen LogP contribution in [-0.2, 0) is 6.54 Å². The first-order valence-corrected chi connectivity index (χ1v) is 6.15. The van der Waals surface area contributed by atoms with Gasteiger partial charge in [0.2, 0.25) is 0 Å². The zero-order valence-corrected chi connectivity index (χ0v) is 10.3. The van der Waals surface area contributed by atoms with E-state index in [1.54, 1.807) is 23.5 Å². The molecule has 0 radical (unpaired) electrons. The maximum atomic E-state index is 11.8. The summed E-state index contributed by atoms with van der Waals surface area (Å²) < 4.78 is 0. The molecule has 0 fully saturated rings. The van der Waals surface area contributed by atoms with Crippen LogP contribution in [0.25, 0.3) is 0 Å². The van der Waals surface area contributed by atoms with Crippen LogP contribution >= 0.6 is 11.3 Å². The summed E-state index contributed by atoms with van der Waals surface area (Å²) in [6.07, 6.45) is 0. The lowest BCUT2D eigenvalue weighted by Crippen LogP contribution is -2.22. The molecule has 0 unspecified atom stereocenters. The van der Waals surface area contributed by atoms with Gasteiger partial charge < -0.3 is 10.4 Å². The molecule has 0 aliphatic heterocycles. The third kappa shape index (κ3) is 2.85. The van der Waals surface area contributed by atoms with Gasteiger partial charge in [-0.2, -0.15) is 0 Å². The summed E-state index contributed by atoms with van der Waals surface area (Å²) in [5.41, 5.74) is 1.75. The highest BCUT2D eigenvalue weighted by molar-refractivity contribution is 7.10. The number of aryl methyl sites for hydroxylation is 1. The van der Waals surface area contributed by atoms with Crippen molar-refractivity contribution in [2.45, 2.75) is 13.5 Å². The Morgan fingerprint density at radius 2 is 2.00 bits per heavy atom. The fourth-order valence-corrected chi connectivity index (χ4v) is 2.31. The quantitative estimate of drug-likeness (QED) is 0.876. The Labute approximate surface area is 104 Å². The molecule has 1 amide bonds. The Balaban J connectivity index is 1.98. The van der Waals surface area contributed by atoms with E-state index in [1.807, 2.05) is 18.4 Å². The van der Waals surface area contributed by atoms with Crippen LogP contribution in [0.2, 0.25) is 0 Å². The molecule has 0 spiro atoms. The number of rotatable bonds is 3. The summed E-state index contributed by atoms with van der Waals surface area (Å²) in [5, 5.41) is 14.0. The number of phenols is 1. The third-order valence-corrected chi connectivity index (χ3v) is 3.53. The van der Waals surface area contributed by atoms with Gasteiger partial charge in [0, 0.05) is 10.4 Å². The summed E-state index contributed by atoms with van der Waals surface area (Å²) in [6.45, 7) is 2.57. The minimum absolute atomic E-state index is 0.127. The minimum Gasteiger partial charge on any atom is -0.508 e. The Hall–Kier alpha value is -1.81. The second-order valence-corrected chi connectivity index (χ2v) is 4.76. The van der Waals surface area contributed by atoms with E-state index in [0.717, 1.165) is 4.88 Å². The zero-order chi connectivity index (χ0) is 12.3. The highest BCUT2D eigenvalue weighted by Crippen LogP contribution is 2.15. The Morgan fingerprint density at radius 1 is 1.29 bits per heavy atom. The number of benzene rings is 1. The lowest BCUT2D eigenvalue weighted by Gasteiger charge is -2.04. The molecule has 0 saturated carbocycles. The van der Waals surface area contributed by atoms with Crippen molar-refractivity contribution >= 4 is 17.2 Å². The predicted octanol–water partition coefficient (Wildman–Crippen LogP) is 2.69. The lowest BCUT2D eigenvalue weighted by molar-refractivity contribution is 0.0951. The van der Waals surface area contributed by atoms with Crippen molar-refractivity contribution in [1.82, 2.24) is 5.32 Å². The van der Waals surface area contributed by atoms with Gasteiger partial charge in [0.15, 0.2) is 0 Å². The van der Waals surface area contributed by atoms with E-state index < -0.39 is 0 Å². The molecule has 0 aliphatic rings. The minimum atomic E-state index is -0.127. The van der Waals surface area contributed by atoms with Gasteiger partial charge >= 0.3 is 0 Å². The zero-order valence-electron chi connectivity index (χ0n) is 9.43. The fraction of sp³-hybridized carbons (Fsp3) is 0.154. The number of thiophene rings is 1. The van der Waals surface area contributed by atoms with E-state index >= 15 is 0 Å². The van der Waals surface area contributed by atoms with Crippen LogP contribution in [0.5, 0.6) is 5.75 Å². The van der Waals surface area contributed by atoms with Crippen LogP contribution in [0.15, 0.2) is 35.7 Å². The highest BCUT2D eigenvalue weighted by atomic mass is 32.1. The Morgan fingerprint density at radius 3 is 2.59 bits per heavy atom. The summed E-state index contributed by atoms with van der Waals surface area (Å²) in [4.78, 5) is 12.9. The van der Waals surface area contributed by atoms with E-state index in [9.17, 15) is 4.79 Å². The molecule has 1 heterocycles. The molecular formula is C13H13NO2S. The lowest BCUT2D eigenvalue weighted by atomic mass is 10.2. The molecular weight excluding hydrogens is 234 g/mol. The van der Waals surface area contributed by atoms with Crippen LogP contribution in [0.4, 0.5) is 0 Å². The highest BCUT2D eigenvalue weighted by Gasteiger charge is 2.06. The van der Waals surface area contributed by atoms with Crippen LogP contribution < -0.4 is 5.32 Å². The van der Waals surface area contributed by atoms with Gasteiger partial charge in [-0.15, -0.1) is 11.3 Å². The third-order valence-electron chi connectivity index (χ3n) is 2.51. The number of nitrogens with one attached hydrogen (secondary N) is 1. The first-order valence-electron chi connectivity index (χ1n) is 5.27. The van der Waals surface area contributed by atoms with Crippen molar-refractivity contribution < 1.29 is 9.90 Å². The maximum Gasteiger partial charge on any atom is 0.251 e. The van der Waals surface area contributed by atoms with E-state index in [1.165, 1.54) is 17.7 Å². The van der Waals surface area contributed by atoms with Crippen LogP contribution in [0, 0.1) is 6.92 Å². The Bertz CT molecular complexity index is 516. The first kappa shape index (κ1) is 11.7. The molecule has 0 atom stereocenters. The van der Waals surface area contributed by atoms with Gasteiger partial charge in [-0.25, -0.2) is 0 Å². The first-order chi connectivity index (χ1) is 8.16. The smallest absolute Gasteiger partial charge is 0.251 e. The van der Waals surface area contributed by atoms with E-state index in [4.69, 9.17) is 5.11 Å². The molecule has 0 bridgehead atoms. The molecule has 3 nitrogen and oxygen atoms in total. The summed E-state index contributed by atoms with van der Waals surface area (Å²) in [6, 6.07) is 8.25. The van der Waals surface area contributed by atoms with E-state index in [-0.39, 0.29) is 11.7 Å². The monoisotopic (exact) mass is 247 g/mol. The average molecular weight is 247 g/mol. The topological polar surface area (TPSA) is 49.3 Å². The molecule has 2 N–H and O–H groups in total. The average Bonchev–Trinajstić information content (AvgIpc) is 2.73. The van der Waals surface area contributed by atoms with E-state index in [0.29, 0.717) is 12.1 Å². The number of carbonyl (C=O) groups is 1. The van der Waals surface area contributed by atoms with Crippen molar-refractivity contribution in [3.63, 3.8) is 0 Å². The molecule has 17 heavy (non-hydrogen) atoms. The SMILES string of the molecule is Cc1ccsc1CNC(=O)c1ccc(O)cc1. The van der Waals surface area contributed by atoms with Gasteiger partial charge in [0.25, 0.3) is 5.91 Å². The largest absolute Gasteiger partial charge is 0.508 e. The van der Waals surface area contributed by atoms with Crippen LogP contribution in [0.3, 0.4) is 0 Å². The molecule has 88 valence electrons. The second kappa shape index (κ2) is 5.01. The maximum absolute atomic E-state index is 11.8. The number of aromatic hydroxyl groups is 1. The van der Waals surface area contributed by atoms with Crippen molar-refractivity contribution in [1.29, 1.82) is 0 Å². The van der Waals surface area contributed by atoms with Crippen molar-refractivity contribution in [2.75, 3.05) is 0 Å². The van der Waals surface area contributed by atoms with Crippen molar-refractivity contribution in [3.8, 4) is 5.75 Å². The molecule has 1 aromatic heterocycles. The molecule has 0 saturated heterocycles. The second-order valence-electron chi connectivity index (χ2n) is 3.76. The summed E-state index contributed by atoms with van der Waals surface area (Å²) in [5.74, 6) is 0.0356. The number of amides is 1. The Kier molecular flexibility index (Phi) is 3.44. The van der Waals surface area contributed by atoms with Crippen LogP contribution in [-0.4, -0.2) is 11.0 Å². The standard InChI is InChI=1S/C13H13NO2S/c1-9-6-7-17-12(9)8-14-13(16)10-2-4-11(15)5-3-10/h2-7,15H,8H2,1H3,(H,14,16). The molecule has 2 rings (SSSR count). The van der Waals surface area contributed by atoms with Gasteiger partial charge in [-0.1, -0.05) is 0 Å². The molecule has 1 aromatic carbocycles. The number of hydrogen-bond acceptors (Lipinski definition) is 3. The fourth-order valence-electron chi connectivity index (χ4n) is 1.46. The van der Waals surface area contributed by atoms with Gasteiger partial charge in [-0.3, -0.25) is 4.79 Å². The molecule has 0 aliphatic carbocycles. The van der Waals surface area contributed by atoms with Gasteiger partial charge in [0.1, 0.15) is 5.75 Å². The normalized spacial score (nSPS) is 10.2. The number of hydrogen-bond donors (Lipinski definition) is 2. The van der Waals surface area contributed by atoms with Crippen molar-refractivity contribution in [2.24, 2.45) is 0 Å². The summed E-state index contributed by atoms with van der Waals surface area (Å²) in [7, 11) is 0. The van der Waals surface area contributed by atoms with Gasteiger partial charge in [-0.05, 0) is 48.2 Å². The number of phenolic OH excluding ortho intramolecular Hbond substituents is 1. The van der Waals surface area contributed by atoms with Crippen molar-refractivity contribution in [3.05, 3.63) is 51.7 Å². The number of carbonyl (C=O) groups excluding carboxylic acids is 1. The van der Waals surface area contributed by atoms with E-state index in [2.05, 4.69) is 5.32 Å². The molecule has 4 heteroatoms. The molecule has 2 aromatic rings. The van der Waals surface area contributed by atoms with Crippen LogP contribution in [0.1, 0.15) is 20.8 Å². The summed E-state index contributed by atoms with van der Waals surface area (Å²) >= 11 is 1.63. The van der Waals surface area contributed by atoms with Gasteiger partial charge in [0.05, 0.1) is 6.54 Å².